The Bertz CT molecular complexity index is 528. The molecular formula is C17H19N. The number of fused-ring (bicyclic) bond motifs is 1. The minimum Gasteiger partial charge on any atom is -0.309 e. The lowest BCUT2D eigenvalue weighted by atomic mass is 9.92. The van der Waals surface area contributed by atoms with Crippen molar-refractivity contribution >= 4 is 0 Å². The van der Waals surface area contributed by atoms with Gasteiger partial charge in [-0.2, -0.15) is 0 Å². The van der Waals surface area contributed by atoms with E-state index in [9.17, 15) is 0 Å². The molecular weight excluding hydrogens is 218 g/mol. The van der Waals surface area contributed by atoms with Crippen molar-refractivity contribution in [3.05, 3.63) is 70.8 Å². The van der Waals surface area contributed by atoms with Crippen LogP contribution >= 0.6 is 0 Å². The van der Waals surface area contributed by atoms with Crippen molar-refractivity contribution in [2.24, 2.45) is 0 Å². The van der Waals surface area contributed by atoms with E-state index >= 15 is 0 Å². The quantitative estimate of drug-likeness (QED) is 0.845. The van der Waals surface area contributed by atoms with Gasteiger partial charge in [-0.15, -0.1) is 0 Å². The van der Waals surface area contributed by atoms with E-state index in [2.05, 4.69) is 60.8 Å². The third-order valence-electron chi connectivity index (χ3n) is 3.77. The van der Waals surface area contributed by atoms with Gasteiger partial charge in [0.15, 0.2) is 0 Å². The first-order valence-corrected chi connectivity index (χ1v) is 6.67. The predicted octanol–water partition coefficient (Wildman–Crippen LogP) is 3.25. The second kappa shape index (κ2) is 4.95. The minimum atomic E-state index is 0.572. The first-order valence-electron chi connectivity index (χ1n) is 6.67. The minimum absolute atomic E-state index is 0.572. The highest BCUT2D eigenvalue weighted by Gasteiger charge is 2.17. The maximum Gasteiger partial charge on any atom is 0.0211 e. The molecule has 92 valence electrons. The first-order chi connectivity index (χ1) is 8.81. The van der Waals surface area contributed by atoms with E-state index < -0.39 is 0 Å². The van der Waals surface area contributed by atoms with Gasteiger partial charge in [0, 0.05) is 12.6 Å². The molecule has 1 heterocycles. The van der Waals surface area contributed by atoms with E-state index in [1.807, 2.05) is 0 Å². The van der Waals surface area contributed by atoms with Gasteiger partial charge in [0.25, 0.3) is 0 Å². The third-order valence-corrected chi connectivity index (χ3v) is 3.77. The van der Waals surface area contributed by atoms with Crippen molar-refractivity contribution in [2.75, 3.05) is 0 Å². The van der Waals surface area contributed by atoms with Crippen LogP contribution < -0.4 is 5.32 Å². The molecule has 0 fully saturated rings. The molecule has 0 amide bonds. The van der Waals surface area contributed by atoms with Gasteiger partial charge < -0.3 is 5.32 Å². The molecule has 18 heavy (non-hydrogen) atoms. The van der Waals surface area contributed by atoms with Crippen molar-refractivity contribution in [1.82, 2.24) is 5.32 Å². The molecule has 2 aromatic carbocycles. The number of hydrogen-bond acceptors (Lipinski definition) is 1. The van der Waals surface area contributed by atoms with Crippen molar-refractivity contribution in [3.8, 4) is 0 Å². The van der Waals surface area contributed by atoms with Crippen molar-refractivity contribution in [2.45, 2.75) is 32.4 Å². The Morgan fingerprint density at radius 3 is 2.50 bits per heavy atom. The summed E-state index contributed by atoms with van der Waals surface area (Å²) in [6.45, 7) is 3.14. The second-order valence-corrected chi connectivity index (χ2v) is 5.24. The molecule has 1 aliphatic rings. The van der Waals surface area contributed by atoms with Crippen LogP contribution in [-0.4, -0.2) is 6.04 Å². The molecule has 1 atom stereocenters. The molecule has 1 heteroatoms. The Labute approximate surface area is 109 Å². The molecule has 0 spiro atoms. The maximum atomic E-state index is 3.64. The summed E-state index contributed by atoms with van der Waals surface area (Å²) in [4.78, 5) is 0. The van der Waals surface area contributed by atoms with Crippen LogP contribution in [-0.2, 0) is 19.4 Å². The van der Waals surface area contributed by atoms with E-state index in [4.69, 9.17) is 0 Å². The number of hydrogen-bond donors (Lipinski definition) is 1. The standard InChI is InChI=1S/C17H19N/c1-13-6-8-14(9-7-13)10-17-11-15-4-2-3-5-16(15)12-18-17/h2-9,17-18H,10-12H2,1H3. The van der Waals surface area contributed by atoms with Crippen LogP contribution in [0.5, 0.6) is 0 Å². The lowest BCUT2D eigenvalue weighted by molar-refractivity contribution is 0.477. The summed E-state index contributed by atoms with van der Waals surface area (Å²) in [5.41, 5.74) is 5.73. The normalized spacial score (nSPS) is 18.4. The number of rotatable bonds is 2. The van der Waals surface area contributed by atoms with Gasteiger partial charge in [-0.3, -0.25) is 0 Å². The van der Waals surface area contributed by atoms with E-state index in [0.717, 1.165) is 19.4 Å². The first kappa shape index (κ1) is 11.5. The van der Waals surface area contributed by atoms with Gasteiger partial charge in [0.2, 0.25) is 0 Å². The molecule has 2 aromatic rings. The highest BCUT2D eigenvalue weighted by Crippen LogP contribution is 2.18. The maximum absolute atomic E-state index is 3.64. The Morgan fingerprint density at radius 1 is 1.00 bits per heavy atom. The Hall–Kier alpha value is -1.60. The highest BCUT2D eigenvalue weighted by atomic mass is 14.9. The summed E-state index contributed by atoms with van der Waals surface area (Å²) < 4.78 is 0. The van der Waals surface area contributed by atoms with Crippen molar-refractivity contribution in [1.29, 1.82) is 0 Å². The summed E-state index contributed by atoms with van der Waals surface area (Å²) in [6, 6.07) is 18.2. The van der Waals surface area contributed by atoms with E-state index in [0.29, 0.717) is 6.04 Å². The molecule has 0 aliphatic carbocycles. The van der Waals surface area contributed by atoms with E-state index in [-0.39, 0.29) is 0 Å². The summed E-state index contributed by atoms with van der Waals surface area (Å²) in [7, 11) is 0. The van der Waals surface area contributed by atoms with Gasteiger partial charge in [-0.05, 0) is 36.5 Å². The number of aryl methyl sites for hydroxylation is 1. The SMILES string of the molecule is Cc1ccc(CC2Cc3ccccc3CN2)cc1. The summed E-state index contributed by atoms with van der Waals surface area (Å²) >= 11 is 0. The summed E-state index contributed by atoms with van der Waals surface area (Å²) in [6.07, 6.45) is 2.26. The zero-order valence-corrected chi connectivity index (χ0v) is 10.8. The lowest BCUT2D eigenvalue weighted by Crippen LogP contribution is -2.37. The van der Waals surface area contributed by atoms with Crippen LogP contribution in [0.15, 0.2) is 48.5 Å². The topological polar surface area (TPSA) is 12.0 Å². The van der Waals surface area contributed by atoms with E-state index in [1.165, 1.54) is 22.3 Å². The smallest absolute Gasteiger partial charge is 0.0211 e. The average Bonchev–Trinajstić information content (AvgIpc) is 2.41. The fraction of sp³-hybridized carbons (Fsp3) is 0.294. The van der Waals surface area contributed by atoms with Crippen LogP contribution in [0.3, 0.4) is 0 Å². The van der Waals surface area contributed by atoms with E-state index in [1.54, 1.807) is 0 Å². The van der Waals surface area contributed by atoms with Crippen LogP contribution in [0.4, 0.5) is 0 Å². The predicted molar refractivity (Wildman–Crippen MR) is 75.7 cm³/mol. The largest absolute Gasteiger partial charge is 0.309 e. The van der Waals surface area contributed by atoms with Crippen LogP contribution in [0.25, 0.3) is 0 Å². The Kier molecular flexibility index (Phi) is 3.16. The molecule has 3 rings (SSSR count). The fourth-order valence-electron chi connectivity index (χ4n) is 2.67. The zero-order chi connectivity index (χ0) is 12.4. The van der Waals surface area contributed by atoms with Crippen LogP contribution in [0.1, 0.15) is 22.3 Å². The van der Waals surface area contributed by atoms with Gasteiger partial charge in [0.05, 0.1) is 0 Å². The average molecular weight is 237 g/mol. The fourth-order valence-corrected chi connectivity index (χ4v) is 2.67. The Morgan fingerprint density at radius 2 is 1.72 bits per heavy atom. The van der Waals surface area contributed by atoms with Crippen molar-refractivity contribution < 1.29 is 0 Å². The van der Waals surface area contributed by atoms with Crippen LogP contribution in [0.2, 0.25) is 0 Å². The van der Waals surface area contributed by atoms with Gasteiger partial charge in [-0.1, -0.05) is 54.1 Å². The molecule has 0 bridgehead atoms. The highest BCUT2D eigenvalue weighted by molar-refractivity contribution is 5.31. The molecule has 1 aliphatic heterocycles. The molecule has 1 N–H and O–H groups in total. The second-order valence-electron chi connectivity index (χ2n) is 5.24. The summed E-state index contributed by atoms with van der Waals surface area (Å²) in [5, 5.41) is 3.64. The molecule has 0 saturated carbocycles. The van der Waals surface area contributed by atoms with Gasteiger partial charge >= 0.3 is 0 Å². The van der Waals surface area contributed by atoms with Gasteiger partial charge in [-0.25, -0.2) is 0 Å². The number of benzene rings is 2. The lowest BCUT2D eigenvalue weighted by Gasteiger charge is -2.26. The Balaban J connectivity index is 1.71. The monoisotopic (exact) mass is 237 g/mol. The molecule has 0 radical (unpaired) electrons. The van der Waals surface area contributed by atoms with Gasteiger partial charge in [0.1, 0.15) is 0 Å². The summed E-state index contributed by atoms with van der Waals surface area (Å²) in [5.74, 6) is 0. The molecule has 0 aromatic heterocycles. The third kappa shape index (κ3) is 2.46. The van der Waals surface area contributed by atoms with Crippen molar-refractivity contribution in [3.63, 3.8) is 0 Å². The molecule has 0 saturated heterocycles. The molecule has 1 nitrogen and oxygen atoms in total. The molecule has 1 unspecified atom stereocenters. The number of nitrogens with one attached hydrogen (secondary N) is 1. The zero-order valence-electron chi connectivity index (χ0n) is 10.8. The van der Waals surface area contributed by atoms with Crippen LogP contribution in [0, 0.1) is 6.92 Å².